The number of hydrogen-bond donors (Lipinski definition) is 2. The zero-order chi connectivity index (χ0) is 24.7. The summed E-state index contributed by atoms with van der Waals surface area (Å²) in [6, 6.07) is 28.1. The van der Waals surface area contributed by atoms with Crippen LogP contribution in [0, 0.1) is 0 Å². The molecule has 1 aliphatic heterocycles. The normalized spacial score (nSPS) is 14.7. The topological polar surface area (TPSA) is 96.6 Å². The predicted molar refractivity (Wildman–Crippen MR) is 140 cm³/mol. The molecule has 0 aliphatic carbocycles. The van der Waals surface area contributed by atoms with Crippen molar-refractivity contribution in [2.24, 2.45) is 5.73 Å². The van der Waals surface area contributed by atoms with Gasteiger partial charge in [0.25, 0.3) is 0 Å². The van der Waals surface area contributed by atoms with Crippen molar-refractivity contribution in [3.8, 4) is 11.3 Å². The van der Waals surface area contributed by atoms with Crippen molar-refractivity contribution >= 4 is 23.2 Å². The first-order valence-electron chi connectivity index (χ1n) is 11.9. The van der Waals surface area contributed by atoms with Gasteiger partial charge in [-0.1, -0.05) is 60.7 Å². The highest BCUT2D eigenvalue weighted by atomic mass is 16.5. The Morgan fingerprint density at radius 3 is 2.28 bits per heavy atom. The zero-order valence-electron chi connectivity index (χ0n) is 19.8. The van der Waals surface area contributed by atoms with Gasteiger partial charge in [-0.25, -0.2) is 20.0 Å². The van der Waals surface area contributed by atoms with E-state index in [-0.39, 0.29) is 5.91 Å². The van der Waals surface area contributed by atoms with Crippen molar-refractivity contribution in [3.05, 3.63) is 103 Å². The van der Waals surface area contributed by atoms with Gasteiger partial charge in [0.05, 0.1) is 24.6 Å². The number of morpholine rings is 1. The van der Waals surface area contributed by atoms with Crippen molar-refractivity contribution < 1.29 is 9.53 Å². The molecule has 1 aromatic heterocycles. The number of aromatic nitrogens is 2. The predicted octanol–water partition coefficient (Wildman–Crippen LogP) is 4.17. The number of nitrogens with zero attached hydrogens (tertiary/aromatic N) is 4. The molecule has 0 bridgehead atoms. The van der Waals surface area contributed by atoms with Crippen molar-refractivity contribution in [2.75, 3.05) is 36.6 Å². The number of hydrazine groups is 1. The van der Waals surface area contributed by atoms with E-state index in [0.717, 1.165) is 35.6 Å². The van der Waals surface area contributed by atoms with Crippen LogP contribution in [0.25, 0.3) is 11.3 Å². The standard InChI is InChI=1S/C28H28N6O2/c29-26(22-7-3-1-4-8-22)27(35)31-23-13-11-21(12-14-23)25-15-16-30-28(32-25)34(24-9-5-2-6-10-24)33-17-19-36-20-18-33/h1-16,26H,17-20,29H2,(H,31,35). The van der Waals surface area contributed by atoms with Gasteiger partial charge in [0.15, 0.2) is 0 Å². The fraction of sp³-hybridized carbons (Fsp3) is 0.179. The maximum absolute atomic E-state index is 12.6. The fourth-order valence-corrected chi connectivity index (χ4v) is 4.10. The zero-order valence-corrected chi connectivity index (χ0v) is 19.8. The average molecular weight is 481 g/mol. The molecule has 1 aliphatic rings. The van der Waals surface area contributed by atoms with E-state index in [1.807, 2.05) is 96.0 Å². The lowest BCUT2D eigenvalue weighted by molar-refractivity contribution is -0.117. The molecule has 2 heterocycles. The summed E-state index contributed by atoms with van der Waals surface area (Å²) in [4.78, 5) is 22.1. The van der Waals surface area contributed by atoms with Gasteiger partial charge in [-0.05, 0) is 35.9 Å². The number of carbonyl (C=O) groups excluding carboxylic acids is 1. The molecule has 1 saturated heterocycles. The van der Waals surface area contributed by atoms with E-state index in [1.54, 1.807) is 6.20 Å². The second-order valence-electron chi connectivity index (χ2n) is 8.41. The van der Waals surface area contributed by atoms with Crippen LogP contribution in [0.5, 0.6) is 0 Å². The number of amides is 1. The molecule has 4 aromatic rings. The maximum atomic E-state index is 12.6. The van der Waals surface area contributed by atoms with Crippen molar-refractivity contribution in [2.45, 2.75) is 6.04 Å². The van der Waals surface area contributed by atoms with Crippen LogP contribution < -0.4 is 16.1 Å². The number of anilines is 3. The molecule has 3 N–H and O–H groups in total. The molecule has 0 radical (unpaired) electrons. The Bertz CT molecular complexity index is 1280. The van der Waals surface area contributed by atoms with Gasteiger partial charge in [-0.3, -0.25) is 4.79 Å². The fourth-order valence-electron chi connectivity index (χ4n) is 4.10. The Kier molecular flexibility index (Phi) is 7.28. The minimum Gasteiger partial charge on any atom is -0.379 e. The van der Waals surface area contributed by atoms with E-state index in [9.17, 15) is 4.79 Å². The number of carbonyl (C=O) groups is 1. The first-order valence-corrected chi connectivity index (χ1v) is 11.9. The highest BCUT2D eigenvalue weighted by molar-refractivity contribution is 5.95. The van der Waals surface area contributed by atoms with Crippen LogP contribution in [-0.4, -0.2) is 47.2 Å². The van der Waals surface area contributed by atoms with E-state index < -0.39 is 6.04 Å². The lowest BCUT2D eigenvalue weighted by atomic mass is 10.1. The van der Waals surface area contributed by atoms with Gasteiger partial charge in [-0.2, -0.15) is 0 Å². The number of ether oxygens (including phenoxy) is 1. The highest BCUT2D eigenvalue weighted by Gasteiger charge is 2.23. The number of para-hydroxylation sites is 1. The van der Waals surface area contributed by atoms with Crippen LogP contribution in [-0.2, 0) is 9.53 Å². The molecule has 36 heavy (non-hydrogen) atoms. The average Bonchev–Trinajstić information content (AvgIpc) is 2.95. The van der Waals surface area contributed by atoms with Gasteiger partial charge in [0, 0.05) is 30.5 Å². The largest absolute Gasteiger partial charge is 0.379 e. The molecule has 1 unspecified atom stereocenters. The smallest absolute Gasteiger partial charge is 0.245 e. The first-order chi connectivity index (χ1) is 17.7. The molecule has 8 nitrogen and oxygen atoms in total. The van der Waals surface area contributed by atoms with Gasteiger partial charge in [0.2, 0.25) is 11.9 Å². The van der Waals surface area contributed by atoms with Crippen LogP contribution in [0.2, 0.25) is 0 Å². The quantitative estimate of drug-likeness (QED) is 0.410. The summed E-state index contributed by atoms with van der Waals surface area (Å²) < 4.78 is 5.55. The lowest BCUT2D eigenvalue weighted by Gasteiger charge is -2.37. The summed E-state index contributed by atoms with van der Waals surface area (Å²) in [5.41, 5.74) is 10.2. The molecule has 0 spiro atoms. The Morgan fingerprint density at radius 1 is 0.917 bits per heavy atom. The van der Waals surface area contributed by atoms with Crippen LogP contribution >= 0.6 is 0 Å². The molecule has 3 aromatic carbocycles. The van der Waals surface area contributed by atoms with Crippen molar-refractivity contribution in [1.29, 1.82) is 0 Å². The van der Waals surface area contributed by atoms with Crippen LogP contribution in [0.4, 0.5) is 17.3 Å². The van der Waals surface area contributed by atoms with Crippen LogP contribution in [0.15, 0.2) is 97.2 Å². The lowest BCUT2D eigenvalue weighted by Crippen LogP contribution is -2.47. The van der Waals surface area contributed by atoms with Crippen molar-refractivity contribution in [1.82, 2.24) is 15.0 Å². The summed E-state index contributed by atoms with van der Waals surface area (Å²) in [7, 11) is 0. The van der Waals surface area contributed by atoms with E-state index in [4.69, 9.17) is 15.5 Å². The Labute approximate surface area is 210 Å². The second kappa shape index (κ2) is 11.1. The summed E-state index contributed by atoms with van der Waals surface area (Å²) in [6.07, 6.45) is 1.77. The third-order valence-corrected chi connectivity index (χ3v) is 5.99. The van der Waals surface area contributed by atoms with E-state index in [1.165, 1.54) is 0 Å². The number of rotatable bonds is 7. The van der Waals surface area contributed by atoms with E-state index >= 15 is 0 Å². The Balaban J connectivity index is 1.35. The summed E-state index contributed by atoms with van der Waals surface area (Å²) >= 11 is 0. The molecule has 182 valence electrons. The highest BCUT2D eigenvalue weighted by Crippen LogP contribution is 2.27. The molecule has 1 fully saturated rings. The van der Waals surface area contributed by atoms with Crippen LogP contribution in [0.3, 0.4) is 0 Å². The molecular weight excluding hydrogens is 452 g/mol. The van der Waals surface area contributed by atoms with Crippen LogP contribution in [0.1, 0.15) is 11.6 Å². The third kappa shape index (κ3) is 5.41. The SMILES string of the molecule is NC(C(=O)Nc1ccc(-c2ccnc(N(c3ccccc3)N3CCOCC3)n2)cc1)c1ccccc1. The summed E-state index contributed by atoms with van der Waals surface area (Å²) in [5.74, 6) is 0.328. The van der Waals surface area contributed by atoms with E-state index in [2.05, 4.69) is 15.3 Å². The van der Waals surface area contributed by atoms with Crippen molar-refractivity contribution in [3.63, 3.8) is 0 Å². The van der Waals surface area contributed by atoms with Gasteiger partial charge in [0.1, 0.15) is 6.04 Å². The number of nitrogens with two attached hydrogens (primary N) is 1. The monoisotopic (exact) mass is 480 g/mol. The van der Waals surface area contributed by atoms with Gasteiger partial charge in [-0.15, -0.1) is 0 Å². The summed E-state index contributed by atoms with van der Waals surface area (Å²) in [6.45, 7) is 2.82. The third-order valence-electron chi connectivity index (χ3n) is 5.99. The molecule has 5 rings (SSSR count). The number of nitrogens with one attached hydrogen (secondary N) is 1. The second-order valence-corrected chi connectivity index (χ2v) is 8.41. The maximum Gasteiger partial charge on any atom is 0.245 e. The number of hydrogen-bond acceptors (Lipinski definition) is 7. The molecule has 1 atom stereocenters. The summed E-state index contributed by atoms with van der Waals surface area (Å²) in [5, 5.41) is 7.14. The molecule has 8 heteroatoms. The number of benzene rings is 3. The minimum absolute atomic E-state index is 0.262. The van der Waals surface area contributed by atoms with E-state index in [0.29, 0.717) is 24.8 Å². The Hall–Kier alpha value is -4.11. The van der Waals surface area contributed by atoms with Gasteiger partial charge < -0.3 is 15.8 Å². The van der Waals surface area contributed by atoms with Gasteiger partial charge >= 0.3 is 0 Å². The molecule has 0 saturated carbocycles. The molecular formula is C28H28N6O2. The Morgan fingerprint density at radius 2 is 1.58 bits per heavy atom. The molecule has 1 amide bonds. The minimum atomic E-state index is -0.737. The first kappa shape index (κ1) is 23.6.